The van der Waals surface area contributed by atoms with E-state index in [1.165, 1.54) is 0 Å². The molecule has 0 unspecified atom stereocenters. The molecule has 32 heavy (non-hydrogen) atoms. The number of methoxy groups -OCH3 is 1. The van der Waals surface area contributed by atoms with E-state index >= 15 is 0 Å². The number of para-hydroxylation sites is 1. The highest BCUT2D eigenvalue weighted by Crippen LogP contribution is 2.27. The van der Waals surface area contributed by atoms with Crippen molar-refractivity contribution in [2.24, 2.45) is 0 Å². The van der Waals surface area contributed by atoms with Crippen LogP contribution >= 0.6 is 0 Å². The zero-order valence-corrected chi connectivity index (χ0v) is 18.2. The first-order valence-corrected chi connectivity index (χ1v) is 10.9. The van der Waals surface area contributed by atoms with Gasteiger partial charge in [-0.25, -0.2) is 9.78 Å². The minimum atomic E-state index is -0.532. The Kier molecular flexibility index (Phi) is 6.84. The maximum Gasteiger partial charge on any atom is 0.342 e. The molecular formula is C25H27N3O4. The Morgan fingerprint density at radius 3 is 2.56 bits per heavy atom. The molecule has 3 aromatic rings. The molecule has 7 heteroatoms. The number of aromatic nitrogens is 1. The summed E-state index contributed by atoms with van der Waals surface area (Å²) >= 11 is 0. The summed E-state index contributed by atoms with van der Waals surface area (Å²) in [4.78, 5) is 31.9. The van der Waals surface area contributed by atoms with Gasteiger partial charge in [-0.2, -0.15) is 0 Å². The second-order valence-corrected chi connectivity index (χ2v) is 7.77. The monoisotopic (exact) mass is 433 g/mol. The Labute approximate surface area is 187 Å². The SMILES string of the molecule is COc1ccc(CCNC(=O)COC(=O)c2cc3ccccc3nc2N2CCCC2)cc1. The number of fused-ring (bicyclic) bond motifs is 1. The largest absolute Gasteiger partial charge is 0.497 e. The number of hydrogen-bond acceptors (Lipinski definition) is 6. The molecule has 4 rings (SSSR count). The summed E-state index contributed by atoms with van der Waals surface area (Å²) in [5, 5.41) is 3.66. The van der Waals surface area contributed by atoms with E-state index in [4.69, 9.17) is 14.5 Å². The van der Waals surface area contributed by atoms with Crippen LogP contribution in [0.4, 0.5) is 5.82 Å². The Hall–Kier alpha value is -3.61. The van der Waals surface area contributed by atoms with E-state index in [0.29, 0.717) is 24.3 Å². The molecular weight excluding hydrogens is 406 g/mol. The van der Waals surface area contributed by atoms with E-state index in [1.807, 2.05) is 48.5 Å². The van der Waals surface area contributed by atoms with Crippen LogP contribution in [0.1, 0.15) is 28.8 Å². The highest BCUT2D eigenvalue weighted by atomic mass is 16.5. The number of nitrogens with one attached hydrogen (secondary N) is 1. The first kappa shape index (κ1) is 21.6. The molecule has 7 nitrogen and oxygen atoms in total. The van der Waals surface area contributed by atoms with E-state index in [2.05, 4.69) is 10.2 Å². The van der Waals surface area contributed by atoms with Crippen molar-refractivity contribution in [1.29, 1.82) is 0 Å². The molecule has 1 N–H and O–H groups in total. The molecule has 2 heterocycles. The summed E-state index contributed by atoms with van der Waals surface area (Å²) < 4.78 is 10.5. The van der Waals surface area contributed by atoms with Gasteiger partial charge < -0.3 is 19.7 Å². The van der Waals surface area contributed by atoms with Gasteiger partial charge in [0.25, 0.3) is 5.91 Å². The standard InChI is InChI=1S/C25H27N3O4/c1-31-20-10-8-18(9-11-20)12-13-26-23(29)17-32-25(30)21-16-19-6-2-3-7-22(19)27-24(21)28-14-4-5-15-28/h2-3,6-11,16H,4-5,12-15,17H2,1H3,(H,26,29). The first-order valence-electron chi connectivity index (χ1n) is 10.9. The average molecular weight is 434 g/mol. The number of nitrogens with zero attached hydrogens (tertiary/aromatic N) is 2. The van der Waals surface area contributed by atoms with Gasteiger partial charge in [-0.15, -0.1) is 0 Å². The number of esters is 1. The number of rotatable bonds is 8. The van der Waals surface area contributed by atoms with Gasteiger partial charge in [-0.1, -0.05) is 30.3 Å². The molecule has 1 saturated heterocycles. The van der Waals surface area contributed by atoms with Crippen LogP contribution in [0.5, 0.6) is 5.75 Å². The number of carbonyl (C=O) groups excluding carboxylic acids is 2. The minimum absolute atomic E-state index is 0.326. The van der Waals surface area contributed by atoms with Crippen LogP contribution in [0.15, 0.2) is 54.6 Å². The molecule has 1 aromatic heterocycles. The predicted octanol–water partition coefficient (Wildman–Crippen LogP) is 3.36. The van der Waals surface area contributed by atoms with Gasteiger partial charge in [0.1, 0.15) is 17.1 Å². The van der Waals surface area contributed by atoms with Crippen molar-refractivity contribution in [3.05, 3.63) is 65.7 Å². The quantitative estimate of drug-likeness (QED) is 0.549. The highest BCUT2D eigenvalue weighted by molar-refractivity contribution is 6.00. The number of hydrogen-bond donors (Lipinski definition) is 1. The van der Waals surface area contributed by atoms with Crippen LogP contribution in [0.3, 0.4) is 0 Å². The van der Waals surface area contributed by atoms with Crippen molar-refractivity contribution in [1.82, 2.24) is 10.3 Å². The fraction of sp³-hybridized carbons (Fsp3) is 0.320. The maximum atomic E-state index is 12.8. The third-order valence-electron chi connectivity index (χ3n) is 5.56. The second-order valence-electron chi connectivity index (χ2n) is 7.77. The number of anilines is 1. The zero-order chi connectivity index (χ0) is 22.3. The fourth-order valence-corrected chi connectivity index (χ4v) is 3.82. The van der Waals surface area contributed by atoms with Gasteiger partial charge in [-0.05, 0) is 49.1 Å². The maximum absolute atomic E-state index is 12.8. The summed E-state index contributed by atoms with van der Waals surface area (Å²) in [6, 6.07) is 17.2. The molecule has 2 aromatic carbocycles. The van der Waals surface area contributed by atoms with Crippen molar-refractivity contribution >= 4 is 28.6 Å². The normalized spacial score (nSPS) is 13.2. The lowest BCUT2D eigenvalue weighted by molar-refractivity contribution is -0.124. The molecule has 0 radical (unpaired) electrons. The first-order chi connectivity index (χ1) is 15.6. The molecule has 0 aliphatic carbocycles. The van der Waals surface area contributed by atoms with Crippen molar-refractivity contribution in [3.8, 4) is 5.75 Å². The van der Waals surface area contributed by atoms with E-state index < -0.39 is 5.97 Å². The fourth-order valence-electron chi connectivity index (χ4n) is 3.82. The van der Waals surface area contributed by atoms with Crippen LogP contribution in [0.25, 0.3) is 10.9 Å². The second kappa shape index (κ2) is 10.1. The van der Waals surface area contributed by atoms with Crippen LogP contribution < -0.4 is 15.0 Å². The number of pyridine rings is 1. The molecule has 1 fully saturated rings. The van der Waals surface area contributed by atoms with E-state index in [1.54, 1.807) is 13.2 Å². The lowest BCUT2D eigenvalue weighted by Crippen LogP contribution is -2.31. The average Bonchev–Trinajstić information content (AvgIpc) is 3.37. The van der Waals surface area contributed by atoms with Gasteiger partial charge in [-0.3, -0.25) is 4.79 Å². The third-order valence-corrected chi connectivity index (χ3v) is 5.56. The van der Waals surface area contributed by atoms with E-state index in [0.717, 1.165) is 48.1 Å². The Balaban J connectivity index is 1.35. The summed E-state index contributed by atoms with van der Waals surface area (Å²) in [5.74, 6) is 0.561. The Bertz CT molecular complexity index is 1090. The lowest BCUT2D eigenvalue weighted by atomic mass is 10.1. The summed E-state index contributed by atoms with van der Waals surface area (Å²) in [6.45, 7) is 1.85. The van der Waals surface area contributed by atoms with Crippen molar-refractivity contribution in [2.45, 2.75) is 19.3 Å². The number of benzene rings is 2. The molecule has 1 aliphatic rings. The van der Waals surface area contributed by atoms with Gasteiger partial charge in [0.2, 0.25) is 0 Å². The smallest absolute Gasteiger partial charge is 0.342 e. The summed E-state index contributed by atoms with van der Waals surface area (Å²) in [7, 11) is 1.62. The minimum Gasteiger partial charge on any atom is -0.497 e. The Morgan fingerprint density at radius 1 is 1.06 bits per heavy atom. The topological polar surface area (TPSA) is 80.8 Å². The summed E-state index contributed by atoms with van der Waals surface area (Å²) in [5.41, 5.74) is 2.32. The lowest BCUT2D eigenvalue weighted by Gasteiger charge is -2.20. The van der Waals surface area contributed by atoms with Gasteiger partial charge in [0.15, 0.2) is 6.61 Å². The number of amides is 1. The van der Waals surface area contributed by atoms with Crippen molar-refractivity contribution < 1.29 is 19.1 Å². The van der Waals surface area contributed by atoms with E-state index in [9.17, 15) is 9.59 Å². The predicted molar refractivity (Wildman–Crippen MR) is 123 cm³/mol. The third kappa shape index (κ3) is 5.17. The van der Waals surface area contributed by atoms with E-state index in [-0.39, 0.29) is 12.5 Å². The molecule has 0 bridgehead atoms. The van der Waals surface area contributed by atoms with Crippen LogP contribution in [0.2, 0.25) is 0 Å². The molecule has 0 spiro atoms. The highest BCUT2D eigenvalue weighted by Gasteiger charge is 2.23. The molecule has 1 amide bonds. The number of carbonyl (C=O) groups is 2. The van der Waals surface area contributed by atoms with Crippen molar-refractivity contribution in [2.75, 3.05) is 38.3 Å². The van der Waals surface area contributed by atoms with Gasteiger partial charge >= 0.3 is 5.97 Å². The van der Waals surface area contributed by atoms with Crippen LogP contribution in [-0.2, 0) is 16.0 Å². The molecule has 1 aliphatic heterocycles. The van der Waals surface area contributed by atoms with Gasteiger partial charge in [0, 0.05) is 25.0 Å². The Morgan fingerprint density at radius 2 is 1.81 bits per heavy atom. The summed E-state index contributed by atoms with van der Waals surface area (Å²) in [6.07, 6.45) is 2.82. The zero-order valence-electron chi connectivity index (χ0n) is 18.2. The molecule has 166 valence electrons. The van der Waals surface area contributed by atoms with Gasteiger partial charge in [0.05, 0.1) is 12.6 Å². The van der Waals surface area contributed by atoms with Crippen molar-refractivity contribution in [3.63, 3.8) is 0 Å². The molecule has 0 saturated carbocycles. The van der Waals surface area contributed by atoms with Crippen LogP contribution in [0, 0.1) is 0 Å². The van der Waals surface area contributed by atoms with Crippen LogP contribution in [-0.4, -0.2) is 50.2 Å². The number of ether oxygens (including phenoxy) is 2. The molecule has 0 atom stereocenters.